The van der Waals surface area contributed by atoms with Crippen molar-refractivity contribution in [3.05, 3.63) is 54.6 Å². The van der Waals surface area contributed by atoms with Gasteiger partial charge in [0.15, 0.2) is 0 Å². The van der Waals surface area contributed by atoms with Gasteiger partial charge in [0.05, 0.1) is 37.2 Å². The first-order valence-electron chi connectivity index (χ1n) is 14.2. The number of fused-ring (bicyclic) bond motifs is 1. The number of esters is 1. The Balaban J connectivity index is 1.75. The topological polar surface area (TPSA) is 96.4 Å². The molecular weight excluding hydrogens is 576 g/mol. The summed E-state index contributed by atoms with van der Waals surface area (Å²) in [5.74, 6) is -2.83. The van der Waals surface area contributed by atoms with Crippen LogP contribution in [0.4, 0.5) is 5.69 Å². The number of allylic oxidation sites excluding steroid dienone is 1. The van der Waals surface area contributed by atoms with Crippen LogP contribution in [-0.4, -0.2) is 76.2 Å². The molecule has 3 unspecified atom stereocenters. The van der Waals surface area contributed by atoms with E-state index in [0.717, 1.165) is 29.7 Å². The molecule has 2 bridgehead atoms. The van der Waals surface area contributed by atoms with Gasteiger partial charge in [-0.15, -0.1) is 13.2 Å². The van der Waals surface area contributed by atoms with Crippen LogP contribution >= 0.6 is 15.9 Å². The number of ether oxygens (including phenoxy) is 2. The number of alkyl halides is 1. The molecule has 4 rings (SSSR count). The smallest absolute Gasteiger partial charge is 0.312 e. The van der Waals surface area contributed by atoms with Gasteiger partial charge in [-0.1, -0.05) is 47.1 Å². The number of aliphatic hydroxyl groups is 1. The number of halogens is 1. The molecule has 0 radical (unpaired) electrons. The lowest BCUT2D eigenvalue weighted by Crippen LogP contribution is -2.59. The molecule has 3 saturated heterocycles. The number of hydrogen-bond acceptors (Lipinski definition) is 6. The number of unbranched alkanes of at least 4 members (excludes halogenated alkanes) is 2. The number of benzene rings is 1. The van der Waals surface area contributed by atoms with E-state index >= 15 is 0 Å². The van der Waals surface area contributed by atoms with Crippen LogP contribution in [0.5, 0.6) is 0 Å². The van der Waals surface area contributed by atoms with Gasteiger partial charge in [0.1, 0.15) is 11.6 Å². The largest absolute Gasteiger partial charge is 0.465 e. The van der Waals surface area contributed by atoms with Crippen molar-refractivity contribution in [3.63, 3.8) is 0 Å². The third-order valence-corrected chi connectivity index (χ3v) is 9.43. The Morgan fingerprint density at radius 2 is 2.05 bits per heavy atom. The van der Waals surface area contributed by atoms with Gasteiger partial charge >= 0.3 is 5.97 Å². The summed E-state index contributed by atoms with van der Waals surface area (Å²) >= 11 is 3.70. The maximum atomic E-state index is 14.7. The minimum absolute atomic E-state index is 0.229. The second-order valence-corrected chi connectivity index (χ2v) is 12.3. The molecule has 3 heterocycles. The molecule has 218 valence electrons. The molecule has 8 nitrogen and oxygen atoms in total. The summed E-state index contributed by atoms with van der Waals surface area (Å²) in [7, 11) is 0. The lowest BCUT2D eigenvalue weighted by Gasteiger charge is -2.39. The number of aliphatic hydroxyl groups excluding tert-OH is 1. The summed E-state index contributed by atoms with van der Waals surface area (Å²) in [5.41, 5.74) is 1.41. The molecule has 0 aromatic heterocycles. The highest BCUT2D eigenvalue weighted by molar-refractivity contribution is 9.09. The van der Waals surface area contributed by atoms with Crippen molar-refractivity contribution in [1.82, 2.24) is 4.90 Å². The van der Waals surface area contributed by atoms with Crippen molar-refractivity contribution in [2.24, 2.45) is 11.8 Å². The van der Waals surface area contributed by atoms with Crippen LogP contribution < -0.4 is 4.90 Å². The van der Waals surface area contributed by atoms with Crippen LogP contribution in [0.1, 0.15) is 50.2 Å². The molecule has 40 heavy (non-hydrogen) atoms. The number of amides is 2. The van der Waals surface area contributed by atoms with E-state index in [2.05, 4.69) is 29.1 Å². The normalized spacial score (nSPS) is 29.3. The van der Waals surface area contributed by atoms with Gasteiger partial charge < -0.3 is 24.4 Å². The summed E-state index contributed by atoms with van der Waals surface area (Å²) in [6.07, 6.45) is 6.11. The Bertz CT molecular complexity index is 1150. The minimum atomic E-state index is -1.22. The number of rotatable bonds is 13. The lowest BCUT2D eigenvalue weighted by atomic mass is 9.70. The number of anilines is 1. The van der Waals surface area contributed by atoms with Gasteiger partial charge in [-0.2, -0.15) is 0 Å². The Kier molecular flexibility index (Phi) is 9.58. The number of carbonyl (C=O) groups excluding carboxylic acids is 3. The van der Waals surface area contributed by atoms with Crippen molar-refractivity contribution in [2.75, 3.05) is 24.7 Å². The molecule has 9 heteroatoms. The van der Waals surface area contributed by atoms with E-state index in [-0.39, 0.29) is 36.4 Å². The number of nitrogens with zero attached hydrogens (tertiary/aromatic N) is 2. The van der Waals surface area contributed by atoms with E-state index in [1.54, 1.807) is 11.0 Å². The Morgan fingerprint density at radius 3 is 2.70 bits per heavy atom. The van der Waals surface area contributed by atoms with E-state index < -0.39 is 41.6 Å². The van der Waals surface area contributed by atoms with Crippen molar-refractivity contribution in [1.29, 1.82) is 0 Å². The highest BCUT2D eigenvalue weighted by Crippen LogP contribution is 2.61. The third kappa shape index (κ3) is 5.16. The van der Waals surface area contributed by atoms with Crippen molar-refractivity contribution < 1.29 is 29.0 Å². The van der Waals surface area contributed by atoms with Crippen molar-refractivity contribution >= 4 is 39.4 Å². The molecule has 1 spiro atoms. The highest BCUT2D eigenvalue weighted by atomic mass is 79.9. The van der Waals surface area contributed by atoms with Gasteiger partial charge in [0, 0.05) is 17.1 Å². The van der Waals surface area contributed by atoms with Crippen LogP contribution in [0.2, 0.25) is 0 Å². The Morgan fingerprint density at radius 1 is 1.30 bits per heavy atom. The fourth-order valence-electron chi connectivity index (χ4n) is 6.68. The highest BCUT2D eigenvalue weighted by Gasteiger charge is 2.77. The molecule has 3 aliphatic rings. The predicted octanol–water partition coefficient (Wildman–Crippen LogP) is 4.24. The maximum absolute atomic E-state index is 14.7. The zero-order chi connectivity index (χ0) is 29.2. The van der Waals surface area contributed by atoms with Crippen LogP contribution in [0, 0.1) is 25.7 Å². The summed E-state index contributed by atoms with van der Waals surface area (Å²) < 4.78 is 12.2. The molecule has 0 saturated carbocycles. The summed E-state index contributed by atoms with van der Waals surface area (Å²) in [5, 5.41) is 10.3. The quantitative estimate of drug-likeness (QED) is 0.154. The first-order valence-corrected chi connectivity index (χ1v) is 15.1. The molecule has 1 N–H and O–H groups in total. The maximum Gasteiger partial charge on any atom is 0.312 e. The predicted molar refractivity (Wildman–Crippen MR) is 157 cm³/mol. The molecule has 3 fully saturated rings. The number of aryl methyl sites for hydroxylation is 2. The van der Waals surface area contributed by atoms with Crippen LogP contribution in [0.25, 0.3) is 0 Å². The second-order valence-electron chi connectivity index (χ2n) is 11.1. The molecule has 0 aliphatic carbocycles. The Hall–Kier alpha value is -2.49. The van der Waals surface area contributed by atoms with Crippen LogP contribution in [0.15, 0.2) is 43.5 Å². The fourth-order valence-corrected chi connectivity index (χ4v) is 7.62. The van der Waals surface area contributed by atoms with E-state index in [1.165, 1.54) is 4.90 Å². The number of likely N-dealkylation sites (tertiary alicyclic amines) is 1. The third-order valence-electron chi connectivity index (χ3n) is 8.59. The number of hydrogen-bond donors (Lipinski definition) is 1. The molecule has 2 amide bonds. The summed E-state index contributed by atoms with van der Waals surface area (Å²) in [6.45, 7) is 13.5. The first kappa shape index (κ1) is 30.5. The van der Waals surface area contributed by atoms with Gasteiger partial charge in [0.25, 0.3) is 5.91 Å². The van der Waals surface area contributed by atoms with Crippen molar-refractivity contribution in [3.8, 4) is 0 Å². The van der Waals surface area contributed by atoms with E-state index in [0.29, 0.717) is 19.3 Å². The monoisotopic (exact) mass is 616 g/mol. The fraction of sp³-hybridized carbons (Fsp3) is 0.581. The standard InChI is InChI=1S/C31H41BrN2O6/c1-6-9-10-11-15-39-30(38)24-25-28(36)34(21(8-3)18-35)27(31(25)17-22(32)26(24)40-31)29(37)33(14-7-2)23-16-19(4)12-13-20(23)5/h6-7,12-13,16,21-22,24-27,35H,1-2,8-11,14-15,17-18H2,3-5H3/t21-,22?,24-,25-,26-,27?,31?/m0/s1. The molecule has 3 aliphatic heterocycles. The molecular formula is C31H41BrN2O6. The van der Waals surface area contributed by atoms with E-state index in [4.69, 9.17) is 9.47 Å². The molecule has 1 aromatic carbocycles. The van der Waals surface area contributed by atoms with Crippen molar-refractivity contribution in [2.45, 2.75) is 81.5 Å². The van der Waals surface area contributed by atoms with Crippen LogP contribution in [0.3, 0.4) is 0 Å². The molecule has 7 atom stereocenters. The zero-order valence-corrected chi connectivity index (χ0v) is 25.3. The first-order chi connectivity index (χ1) is 19.2. The van der Waals surface area contributed by atoms with Crippen LogP contribution in [-0.2, 0) is 23.9 Å². The summed E-state index contributed by atoms with van der Waals surface area (Å²) in [4.78, 5) is 45.3. The minimum Gasteiger partial charge on any atom is -0.465 e. The number of carbonyl (C=O) groups is 3. The SMILES string of the molecule is C=CCCCCOC(=O)[C@H]1[C@H]2C(=O)N([C@@H](CC)CO)C(C(=O)N(CC=C)c3cc(C)ccc3C)C23CC(Br)[C@@H]1O3. The lowest BCUT2D eigenvalue weighted by molar-refractivity contribution is -0.155. The van der Waals surface area contributed by atoms with E-state index in [9.17, 15) is 19.5 Å². The average molecular weight is 618 g/mol. The van der Waals surface area contributed by atoms with Gasteiger partial charge in [0.2, 0.25) is 5.91 Å². The molecule has 1 aromatic rings. The average Bonchev–Trinajstić information content (AvgIpc) is 3.52. The van der Waals surface area contributed by atoms with E-state index in [1.807, 2.05) is 45.0 Å². The Labute approximate surface area is 245 Å². The van der Waals surface area contributed by atoms with Gasteiger partial charge in [-0.25, -0.2) is 0 Å². The second kappa shape index (κ2) is 12.6. The summed E-state index contributed by atoms with van der Waals surface area (Å²) in [6, 6.07) is 4.28. The zero-order valence-electron chi connectivity index (χ0n) is 23.7. The van der Waals surface area contributed by atoms with Gasteiger partial charge in [-0.05, 0) is 63.1 Å². The van der Waals surface area contributed by atoms with Gasteiger partial charge in [-0.3, -0.25) is 14.4 Å².